The highest BCUT2D eigenvalue weighted by Crippen LogP contribution is 2.34. The number of carbonyl (C=O) groups is 2. The Morgan fingerprint density at radius 2 is 1.78 bits per heavy atom. The lowest BCUT2D eigenvalue weighted by Crippen LogP contribution is -2.35. The van der Waals surface area contributed by atoms with E-state index >= 15 is 0 Å². The van der Waals surface area contributed by atoms with Crippen LogP contribution in [-0.2, 0) is 22.7 Å². The molecule has 5 rings (SSSR count). The van der Waals surface area contributed by atoms with E-state index < -0.39 is 17.8 Å². The van der Waals surface area contributed by atoms with Crippen LogP contribution in [0.4, 0.5) is 0 Å². The molecule has 1 atom stereocenters. The summed E-state index contributed by atoms with van der Waals surface area (Å²) in [5, 5.41) is 12.9. The molecule has 0 spiro atoms. The zero-order valence-electron chi connectivity index (χ0n) is 24.4. The molecule has 0 saturated carbocycles. The van der Waals surface area contributed by atoms with E-state index in [1.54, 1.807) is 25.3 Å². The summed E-state index contributed by atoms with van der Waals surface area (Å²) in [6.45, 7) is 0.898. The SMILES string of the molecule is COc1ccc(Br)cc1-c1nc2cc(C(=O)NC[C@@H](COCc3ccccc3)C(=O)O)ccc2n1CCOc1ccccc1Cl. The van der Waals surface area contributed by atoms with Crippen LogP contribution in [0.2, 0.25) is 5.02 Å². The molecule has 5 aromatic rings. The summed E-state index contributed by atoms with van der Waals surface area (Å²) in [4.78, 5) is 29.9. The van der Waals surface area contributed by atoms with Gasteiger partial charge in [-0.25, -0.2) is 4.98 Å². The number of aromatic nitrogens is 2. The van der Waals surface area contributed by atoms with Crippen molar-refractivity contribution < 1.29 is 28.9 Å². The Kier molecular flexibility index (Phi) is 10.7. The smallest absolute Gasteiger partial charge is 0.310 e. The number of hydrogen-bond acceptors (Lipinski definition) is 6. The Hall–Kier alpha value is -4.38. The summed E-state index contributed by atoms with van der Waals surface area (Å²) in [5.41, 5.74) is 3.41. The number of hydrogen-bond donors (Lipinski definition) is 2. The van der Waals surface area contributed by atoms with Crippen LogP contribution in [0.1, 0.15) is 15.9 Å². The van der Waals surface area contributed by atoms with E-state index in [-0.39, 0.29) is 19.8 Å². The van der Waals surface area contributed by atoms with Gasteiger partial charge in [0, 0.05) is 16.6 Å². The molecule has 232 valence electrons. The monoisotopic (exact) mass is 691 g/mol. The predicted molar refractivity (Wildman–Crippen MR) is 176 cm³/mol. The number of para-hydroxylation sites is 1. The van der Waals surface area contributed by atoms with Gasteiger partial charge < -0.3 is 29.2 Å². The summed E-state index contributed by atoms with van der Waals surface area (Å²) in [7, 11) is 1.60. The minimum absolute atomic E-state index is 0.0396. The standard InChI is InChI=1S/C34H31BrClN3O6/c1-43-30-14-12-25(35)18-26(30)32-38-28-17-23(11-13-29(28)39(32)15-16-45-31-10-6-5-9-27(31)36)33(40)37-19-24(34(41)42)21-44-20-22-7-3-2-4-8-22/h2-14,17-18,24H,15-16,19-21H2,1H3,(H,37,40)(H,41,42)/t24-/m0/s1. The number of halogens is 2. The maximum Gasteiger partial charge on any atom is 0.310 e. The molecule has 0 saturated heterocycles. The molecule has 0 radical (unpaired) electrons. The number of imidazole rings is 1. The van der Waals surface area contributed by atoms with Crippen molar-refractivity contribution in [2.24, 2.45) is 5.92 Å². The van der Waals surface area contributed by atoms with Crippen molar-refractivity contribution in [1.82, 2.24) is 14.9 Å². The molecule has 0 unspecified atom stereocenters. The van der Waals surface area contributed by atoms with Crippen LogP contribution in [-0.4, -0.2) is 53.4 Å². The van der Waals surface area contributed by atoms with Crippen molar-refractivity contribution >= 4 is 50.4 Å². The van der Waals surface area contributed by atoms with Crippen LogP contribution in [0.15, 0.2) is 95.5 Å². The average molecular weight is 693 g/mol. The molecule has 4 aromatic carbocycles. The maximum absolute atomic E-state index is 13.1. The predicted octanol–water partition coefficient (Wildman–Crippen LogP) is 6.85. The van der Waals surface area contributed by atoms with Gasteiger partial charge in [0.15, 0.2) is 0 Å². The third-order valence-corrected chi connectivity index (χ3v) is 7.92. The minimum Gasteiger partial charge on any atom is -0.496 e. The average Bonchev–Trinajstić information content (AvgIpc) is 3.41. The fraction of sp³-hybridized carbons (Fsp3) is 0.206. The van der Waals surface area contributed by atoms with E-state index in [0.717, 1.165) is 21.1 Å². The molecule has 45 heavy (non-hydrogen) atoms. The van der Waals surface area contributed by atoms with E-state index in [1.165, 1.54) is 0 Å². The van der Waals surface area contributed by atoms with Gasteiger partial charge in [-0.2, -0.15) is 0 Å². The van der Waals surface area contributed by atoms with Gasteiger partial charge >= 0.3 is 5.97 Å². The zero-order chi connectivity index (χ0) is 31.8. The van der Waals surface area contributed by atoms with Crippen molar-refractivity contribution in [3.63, 3.8) is 0 Å². The Bertz CT molecular complexity index is 1800. The molecule has 0 aliphatic rings. The molecule has 0 bridgehead atoms. The van der Waals surface area contributed by atoms with Crippen LogP contribution in [0.3, 0.4) is 0 Å². The number of carboxylic acid groups (broad SMARTS) is 1. The van der Waals surface area contributed by atoms with Crippen LogP contribution in [0.5, 0.6) is 11.5 Å². The number of amides is 1. The van der Waals surface area contributed by atoms with Crippen LogP contribution >= 0.6 is 27.5 Å². The van der Waals surface area contributed by atoms with Gasteiger partial charge in [0.05, 0.1) is 54.4 Å². The van der Waals surface area contributed by atoms with Crippen LogP contribution < -0.4 is 14.8 Å². The molecule has 11 heteroatoms. The Labute approximate surface area is 273 Å². The number of fused-ring (bicyclic) bond motifs is 1. The lowest BCUT2D eigenvalue weighted by Gasteiger charge is -2.14. The molecular formula is C34H31BrClN3O6. The quantitative estimate of drug-likeness (QED) is 0.131. The number of benzene rings is 4. The molecule has 0 fully saturated rings. The summed E-state index contributed by atoms with van der Waals surface area (Å²) in [6, 6.07) is 27.6. The molecule has 0 aliphatic carbocycles. The fourth-order valence-corrected chi connectivity index (χ4v) is 5.35. The van der Waals surface area contributed by atoms with Gasteiger partial charge in [-0.05, 0) is 54.1 Å². The number of nitrogens with zero attached hydrogens (tertiary/aromatic N) is 2. The number of aliphatic carboxylic acids is 1. The van der Waals surface area contributed by atoms with Crippen LogP contribution in [0.25, 0.3) is 22.4 Å². The fourth-order valence-electron chi connectivity index (χ4n) is 4.80. The van der Waals surface area contributed by atoms with Crippen molar-refractivity contribution in [1.29, 1.82) is 0 Å². The van der Waals surface area contributed by atoms with Crippen molar-refractivity contribution in [2.45, 2.75) is 13.2 Å². The van der Waals surface area contributed by atoms with E-state index in [0.29, 0.717) is 46.6 Å². The highest BCUT2D eigenvalue weighted by Gasteiger charge is 2.21. The van der Waals surface area contributed by atoms with E-state index in [4.69, 9.17) is 30.8 Å². The molecular weight excluding hydrogens is 662 g/mol. The van der Waals surface area contributed by atoms with Gasteiger partial charge in [-0.15, -0.1) is 0 Å². The maximum atomic E-state index is 13.1. The third-order valence-electron chi connectivity index (χ3n) is 7.11. The highest BCUT2D eigenvalue weighted by molar-refractivity contribution is 9.10. The first-order valence-electron chi connectivity index (χ1n) is 14.2. The van der Waals surface area contributed by atoms with E-state index in [2.05, 4.69) is 21.2 Å². The molecule has 1 amide bonds. The molecule has 0 aliphatic heterocycles. The first-order chi connectivity index (χ1) is 21.8. The van der Waals surface area contributed by atoms with Crippen LogP contribution in [0, 0.1) is 5.92 Å². The Morgan fingerprint density at radius 3 is 2.53 bits per heavy atom. The lowest BCUT2D eigenvalue weighted by atomic mass is 10.1. The number of rotatable bonds is 14. The molecule has 9 nitrogen and oxygen atoms in total. The lowest BCUT2D eigenvalue weighted by molar-refractivity contribution is -0.143. The summed E-state index contributed by atoms with van der Waals surface area (Å²) in [6.07, 6.45) is 0. The number of nitrogens with one attached hydrogen (secondary N) is 1. The first kappa shape index (κ1) is 32.0. The topological polar surface area (TPSA) is 112 Å². The summed E-state index contributed by atoms with van der Waals surface area (Å²) >= 11 is 9.82. The second-order valence-electron chi connectivity index (χ2n) is 10.2. The second kappa shape index (κ2) is 15.1. The van der Waals surface area contributed by atoms with Gasteiger partial charge in [-0.1, -0.05) is 70.0 Å². The van der Waals surface area contributed by atoms with E-state index in [1.807, 2.05) is 77.4 Å². The summed E-state index contributed by atoms with van der Waals surface area (Å²) < 4.78 is 20.1. The zero-order valence-corrected chi connectivity index (χ0v) is 26.8. The van der Waals surface area contributed by atoms with Crippen molar-refractivity contribution in [2.75, 3.05) is 26.9 Å². The van der Waals surface area contributed by atoms with Crippen molar-refractivity contribution in [3.05, 3.63) is 112 Å². The highest BCUT2D eigenvalue weighted by atomic mass is 79.9. The van der Waals surface area contributed by atoms with E-state index in [9.17, 15) is 14.7 Å². The number of ether oxygens (including phenoxy) is 3. The molecule has 1 heterocycles. The Balaban J connectivity index is 1.35. The number of methoxy groups -OCH3 is 1. The first-order valence-corrected chi connectivity index (χ1v) is 15.4. The molecule has 2 N–H and O–H groups in total. The largest absolute Gasteiger partial charge is 0.496 e. The summed E-state index contributed by atoms with van der Waals surface area (Å²) in [5.74, 6) is -0.531. The van der Waals surface area contributed by atoms with Gasteiger partial charge in [-0.3, -0.25) is 9.59 Å². The van der Waals surface area contributed by atoms with Crippen molar-refractivity contribution in [3.8, 4) is 22.9 Å². The van der Waals surface area contributed by atoms with Gasteiger partial charge in [0.2, 0.25) is 0 Å². The Morgan fingerprint density at radius 1 is 1.00 bits per heavy atom. The number of carbonyl (C=O) groups excluding carboxylic acids is 1. The second-order valence-corrected chi connectivity index (χ2v) is 11.5. The van der Waals surface area contributed by atoms with Gasteiger partial charge in [0.1, 0.15) is 23.9 Å². The third kappa shape index (κ3) is 8.02. The number of carboxylic acids is 1. The normalized spacial score (nSPS) is 11.7. The molecule has 1 aromatic heterocycles. The van der Waals surface area contributed by atoms with Gasteiger partial charge in [0.25, 0.3) is 5.91 Å². The minimum atomic E-state index is -1.05.